The summed E-state index contributed by atoms with van der Waals surface area (Å²) in [5, 5.41) is 3.37. The number of benzene rings is 1. The van der Waals surface area contributed by atoms with Gasteiger partial charge in [0.25, 0.3) is 6.01 Å². The quantitative estimate of drug-likeness (QED) is 0.777. The minimum absolute atomic E-state index is 0.673. The van der Waals surface area contributed by atoms with Crippen molar-refractivity contribution in [3.05, 3.63) is 54.2 Å². The Labute approximate surface area is 153 Å². The average Bonchev–Trinajstić information content (AvgIpc) is 3.15. The van der Waals surface area contributed by atoms with Gasteiger partial charge in [-0.1, -0.05) is 24.3 Å². The van der Waals surface area contributed by atoms with Gasteiger partial charge in [0.05, 0.1) is 6.20 Å². The molecule has 0 atom stereocenters. The van der Waals surface area contributed by atoms with E-state index in [9.17, 15) is 0 Å². The number of piperazine rings is 1. The minimum Gasteiger partial charge on any atom is -0.422 e. The molecule has 0 spiro atoms. The fourth-order valence-corrected chi connectivity index (χ4v) is 3.02. The molecule has 1 aromatic carbocycles. The summed E-state index contributed by atoms with van der Waals surface area (Å²) < 4.78 is 5.98. The number of para-hydroxylation sites is 1. The molecule has 6 heteroatoms. The standard InChI is InChI=1S/C20H23N5O/c1-15-6-3-4-7-16(15)22-19-9-5-8-17(23-19)18-14-21-20(26-18)25-12-10-24(2)11-13-25/h3-9,14H,10-13H2,1-2H3,(H,22,23). The summed E-state index contributed by atoms with van der Waals surface area (Å²) in [6.07, 6.45) is 1.76. The number of hydrogen-bond acceptors (Lipinski definition) is 6. The van der Waals surface area contributed by atoms with Crippen molar-refractivity contribution >= 4 is 17.5 Å². The zero-order valence-electron chi connectivity index (χ0n) is 15.1. The third-order valence-electron chi connectivity index (χ3n) is 4.68. The van der Waals surface area contributed by atoms with Gasteiger partial charge in [-0.3, -0.25) is 0 Å². The lowest BCUT2D eigenvalue weighted by Gasteiger charge is -2.31. The van der Waals surface area contributed by atoms with Crippen LogP contribution in [0.3, 0.4) is 0 Å². The fourth-order valence-electron chi connectivity index (χ4n) is 3.02. The first kappa shape index (κ1) is 16.6. The van der Waals surface area contributed by atoms with Gasteiger partial charge in [0, 0.05) is 31.9 Å². The molecule has 0 saturated carbocycles. The molecule has 0 amide bonds. The molecule has 0 unspecified atom stereocenters. The summed E-state index contributed by atoms with van der Waals surface area (Å²) in [4.78, 5) is 13.6. The molecule has 1 aliphatic rings. The first-order chi connectivity index (χ1) is 12.7. The summed E-state index contributed by atoms with van der Waals surface area (Å²) in [7, 11) is 2.13. The van der Waals surface area contributed by atoms with Gasteiger partial charge in [-0.2, -0.15) is 0 Å². The maximum absolute atomic E-state index is 5.98. The average molecular weight is 349 g/mol. The van der Waals surface area contributed by atoms with Crippen LogP contribution in [-0.2, 0) is 0 Å². The van der Waals surface area contributed by atoms with Gasteiger partial charge >= 0.3 is 0 Å². The Kier molecular flexibility index (Phi) is 4.58. The molecular weight excluding hydrogens is 326 g/mol. The highest BCUT2D eigenvalue weighted by Crippen LogP contribution is 2.26. The van der Waals surface area contributed by atoms with Crippen molar-refractivity contribution in [3.63, 3.8) is 0 Å². The second kappa shape index (κ2) is 7.17. The number of hydrogen-bond donors (Lipinski definition) is 1. The topological polar surface area (TPSA) is 57.4 Å². The normalized spacial score (nSPS) is 15.2. The lowest BCUT2D eigenvalue weighted by molar-refractivity contribution is 0.305. The number of aromatic nitrogens is 2. The fraction of sp³-hybridized carbons (Fsp3) is 0.300. The molecule has 2 aromatic heterocycles. The van der Waals surface area contributed by atoms with E-state index in [0.717, 1.165) is 43.4 Å². The van der Waals surface area contributed by atoms with Crippen LogP contribution >= 0.6 is 0 Å². The Morgan fingerprint density at radius 1 is 1.00 bits per heavy atom. The molecule has 1 N–H and O–H groups in total. The lowest BCUT2D eigenvalue weighted by atomic mass is 10.2. The van der Waals surface area contributed by atoms with E-state index in [1.807, 2.05) is 36.4 Å². The molecule has 26 heavy (non-hydrogen) atoms. The van der Waals surface area contributed by atoms with Gasteiger partial charge in [-0.25, -0.2) is 9.97 Å². The van der Waals surface area contributed by atoms with Gasteiger partial charge in [-0.05, 0) is 37.7 Å². The van der Waals surface area contributed by atoms with Crippen molar-refractivity contribution in [3.8, 4) is 11.5 Å². The zero-order valence-corrected chi connectivity index (χ0v) is 15.1. The van der Waals surface area contributed by atoms with Crippen LogP contribution in [0.4, 0.5) is 17.5 Å². The summed E-state index contributed by atoms with van der Waals surface area (Å²) >= 11 is 0. The number of aryl methyl sites for hydroxylation is 1. The number of oxazole rings is 1. The number of anilines is 3. The largest absolute Gasteiger partial charge is 0.422 e. The summed E-state index contributed by atoms with van der Waals surface area (Å²) in [6, 6.07) is 14.7. The van der Waals surface area contributed by atoms with Gasteiger partial charge in [0.15, 0.2) is 5.76 Å². The maximum atomic E-state index is 5.98. The van der Waals surface area contributed by atoms with Crippen LogP contribution in [0, 0.1) is 6.92 Å². The van der Waals surface area contributed by atoms with E-state index in [2.05, 4.69) is 45.1 Å². The number of rotatable bonds is 4. The molecule has 3 heterocycles. The predicted octanol–water partition coefficient (Wildman–Crippen LogP) is 3.54. The van der Waals surface area contributed by atoms with Crippen molar-refractivity contribution < 1.29 is 4.42 Å². The Bertz CT molecular complexity index is 883. The third-order valence-corrected chi connectivity index (χ3v) is 4.68. The van der Waals surface area contributed by atoms with Gasteiger partial charge < -0.3 is 19.5 Å². The number of nitrogens with zero attached hydrogens (tertiary/aromatic N) is 4. The molecule has 4 rings (SSSR count). The number of nitrogens with one attached hydrogen (secondary N) is 1. The molecule has 0 radical (unpaired) electrons. The van der Waals surface area contributed by atoms with Crippen LogP contribution in [0.1, 0.15) is 5.56 Å². The molecule has 1 saturated heterocycles. The van der Waals surface area contributed by atoms with Gasteiger partial charge in [0.2, 0.25) is 0 Å². The van der Waals surface area contributed by atoms with E-state index >= 15 is 0 Å². The van der Waals surface area contributed by atoms with E-state index in [0.29, 0.717) is 11.8 Å². The molecule has 134 valence electrons. The Morgan fingerprint density at radius 3 is 2.62 bits per heavy atom. The van der Waals surface area contributed by atoms with Crippen LogP contribution in [0.15, 0.2) is 53.1 Å². The van der Waals surface area contributed by atoms with Crippen molar-refractivity contribution in [2.75, 3.05) is 43.4 Å². The molecule has 6 nitrogen and oxygen atoms in total. The first-order valence-corrected chi connectivity index (χ1v) is 8.88. The lowest BCUT2D eigenvalue weighted by Crippen LogP contribution is -2.44. The van der Waals surface area contributed by atoms with Crippen molar-refractivity contribution in [1.29, 1.82) is 0 Å². The Hall–Kier alpha value is -2.86. The molecule has 0 aliphatic carbocycles. The van der Waals surface area contributed by atoms with Crippen LogP contribution in [0.5, 0.6) is 0 Å². The summed E-state index contributed by atoms with van der Waals surface area (Å²) in [6.45, 7) is 5.97. The minimum atomic E-state index is 0.673. The monoisotopic (exact) mass is 349 g/mol. The molecule has 1 aliphatic heterocycles. The first-order valence-electron chi connectivity index (χ1n) is 8.88. The van der Waals surface area contributed by atoms with Crippen LogP contribution in [0.2, 0.25) is 0 Å². The number of pyridine rings is 1. The molecular formula is C20H23N5O. The Balaban J connectivity index is 1.53. The van der Waals surface area contributed by atoms with Crippen LogP contribution in [0.25, 0.3) is 11.5 Å². The highest BCUT2D eigenvalue weighted by atomic mass is 16.4. The Morgan fingerprint density at radius 2 is 1.81 bits per heavy atom. The highest BCUT2D eigenvalue weighted by molar-refractivity contribution is 5.63. The van der Waals surface area contributed by atoms with Crippen molar-refractivity contribution in [2.24, 2.45) is 0 Å². The summed E-state index contributed by atoms with van der Waals surface area (Å²) in [5.74, 6) is 1.47. The summed E-state index contributed by atoms with van der Waals surface area (Å²) in [5.41, 5.74) is 3.00. The maximum Gasteiger partial charge on any atom is 0.297 e. The van der Waals surface area contributed by atoms with E-state index in [-0.39, 0.29) is 0 Å². The zero-order chi connectivity index (χ0) is 17.9. The molecule has 1 fully saturated rings. The van der Waals surface area contributed by atoms with Crippen LogP contribution in [-0.4, -0.2) is 48.1 Å². The van der Waals surface area contributed by atoms with Crippen molar-refractivity contribution in [2.45, 2.75) is 6.92 Å². The second-order valence-corrected chi connectivity index (χ2v) is 6.65. The molecule has 3 aromatic rings. The van der Waals surface area contributed by atoms with Gasteiger partial charge in [0.1, 0.15) is 11.5 Å². The second-order valence-electron chi connectivity index (χ2n) is 6.65. The van der Waals surface area contributed by atoms with Crippen LogP contribution < -0.4 is 10.2 Å². The van der Waals surface area contributed by atoms with Crippen molar-refractivity contribution in [1.82, 2.24) is 14.9 Å². The smallest absolute Gasteiger partial charge is 0.297 e. The van der Waals surface area contributed by atoms with E-state index in [1.165, 1.54) is 5.56 Å². The predicted molar refractivity (Wildman–Crippen MR) is 104 cm³/mol. The third kappa shape index (κ3) is 3.55. The number of likely N-dealkylation sites (N-methyl/N-ethyl adjacent to an activating group) is 1. The van der Waals surface area contributed by atoms with E-state index < -0.39 is 0 Å². The van der Waals surface area contributed by atoms with E-state index in [1.54, 1.807) is 6.20 Å². The highest BCUT2D eigenvalue weighted by Gasteiger charge is 2.19. The van der Waals surface area contributed by atoms with Gasteiger partial charge in [-0.15, -0.1) is 0 Å². The molecule has 0 bridgehead atoms. The SMILES string of the molecule is Cc1ccccc1Nc1cccc(-c2cnc(N3CCN(C)CC3)o2)n1. The van der Waals surface area contributed by atoms with E-state index in [4.69, 9.17) is 4.42 Å².